The highest BCUT2D eigenvalue weighted by Gasteiger charge is 2.18. The van der Waals surface area contributed by atoms with E-state index in [1.165, 1.54) is 10.9 Å². The summed E-state index contributed by atoms with van der Waals surface area (Å²) in [5.74, 6) is -0.225. The number of nitrogens with one attached hydrogen (secondary N) is 1. The number of aryl methyl sites for hydroxylation is 3. The van der Waals surface area contributed by atoms with Gasteiger partial charge in [0.1, 0.15) is 0 Å². The van der Waals surface area contributed by atoms with Gasteiger partial charge in [0.2, 0.25) is 0 Å². The molecular weight excluding hydrogens is 406 g/mol. The van der Waals surface area contributed by atoms with E-state index in [9.17, 15) is 4.79 Å². The van der Waals surface area contributed by atoms with Crippen LogP contribution in [0.4, 0.5) is 5.69 Å². The Balaban J connectivity index is 1.60. The molecule has 1 amide bonds. The topological polar surface area (TPSA) is 46.9 Å². The van der Waals surface area contributed by atoms with Crippen LogP contribution in [0.2, 0.25) is 0 Å². The molecule has 4 aromatic carbocycles. The number of fused-ring (bicyclic) bond motifs is 1. The van der Waals surface area contributed by atoms with Gasteiger partial charge in [0, 0.05) is 11.3 Å². The van der Waals surface area contributed by atoms with Crippen molar-refractivity contribution in [2.75, 3.05) is 5.32 Å². The minimum absolute atomic E-state index is 0.225. The van der Waals surface area contributed by atoms with Gasteiger partial charge in [-0.05, 0) is 73.0 Å². The summed E-state index contributed by atoms with van der Waals surface area (Å²) in [5, 5.41) is 10.1. The first-order valence-corrected chi connectivity index (χ1v) is 11.0. The standard InChI is InChI=1S/C29H25N3O/c1-19-9-14-25(15-10-19)32-28(24-13-12-22-6-4-5-7-23(22)17-24)18-27(31-32)29(33)30-26-16-20(2)8-11-21(26)3/h4-18H,1-3H3,(H,30,33). The fourth-order valence-electron chi connectivity index (χ4n) is 3.99. The maximum absolute atomic E-state index is 13.2. The molecule has 0 aliphatic carbocycles. The van der Waals surface area contributed by atoms with Crippen LogP contribution < -0.4 is 5.32 Å². The molecule has 4 heteroatoms. The Kier molecular flexibility index (Phi) is 5.27. The molecule has 0 aliphatic heterocycles. The molecule has 1 aromatic heterocycles. The van der Waals surface area contributed by atoms with E-state index in [2.05, 4.69) is 54.7 Å². The quantitative estimate of drug-likeness (QED) is 0.337. The summed E-state index contributed by atoms with van der Waals surface area (Å²) in [6.45, 7) is 6.06. The summed E-state index contributed by atoms with van der Waals surface area (Å²) in [5.41, 5.74) is 7.25. The Hall–Kier alpha value is -4.18. The van der Waals surface area contributed by atoms with Gasteiger partial charge < -0.3 is 5.32 Å². The molecule has 0 aliphatic rings. The lowest BCUT2D eigenvalue weighted by molar-refractivity contribution is 0.102. The third kappa shape index (κ3) is 4.15. The summed E-state index contributed by atoms with van der Waals surface area (Å²) in [7, 11) is 0. The van der Waals surface area contributed by atoms with E-state index in [0.29, 0.717) is 5.69 Å². The van der Waals surface area contributed by atoms with Gasteiger partial charge in [-0.1, -0.05) is 66.2 Å². The van der Waals surface area contributed by atoms with Crippen LogP contribution in [-0.2, 0) is 0 Å². The minimum atomic E-state index is -0.225. The predicted molar refractivity (Wildman–Crippen MR) is 135 cm³/mol. The lowest BCUT2D eigenvalue weighted by Gasteiger charge is -2.09. The number of hydrogen-bond acceptors (Lipinski definition) is 2. The summed E-state index contributed by atoms with van der Waals surface area (Å²) < 4.78 is 1.85. The van der Waals surface area contributed by atoms with Crippen molar-refractivity contribution in [3.63, 3.8) is 0 Å². The first-order valence-electron chi connectivity index (χ1n) is 11.0. The molecule has 0 bridgehead atoms. The molecular formula is C29H25N3O. The van der Waals surface area contributed by atoms with E-state index >= 15 is 0 Å². The molecule has 0 saturated heterocycles. The van der Waals surface area contributed by atoms with Crippen LogP contribution >= 0.6 is 0 Å². The summed E-state index contributed by atoms with van der Waals surface area (Å²) in [6, 6.07) is 30.6. The second-order valence-corrected chi connectivity index (χ2v) is 8.50. The predicted octanol–water partition coefficient (Wildman–Crippen LogP) is 6.87. The van der Waals surface area contributed by atoms with Crippen molar-refractivity contribution in [1.82, 2.24) is 9.78 Å². The third-order valence-corrected chi connectivity index (χ3v) is 5.91. The zero-order valence-electron chi connectivity index (χ0n) is 19.0. The summed E-state index contributed by atoms with van der Waals surface area (Å²) >= 11 is 0. The molecule has 1 heterocycles. The molecule has 5 aromatic rings. The number of amides is 1. The summed E-state index contributed by atoms with van der Waals surface area (Å²) in [6.07, 6.45) is 0. The number of anilines is 1. The lowest BCUT2D eigenvalue weighted by Crippen LogP contribution is -2.14. The third-order valence-electron chi connectivity index (χ3n) is 5.91. The van der Waals surface area contributed by atoms with Crippen LogP contribution in [0.5, 0.6) is 0 Å². The van der Waals surface area contributed by atoms with Crippen LogP contribution in [0.3, 0.4) is 0 Å². The van der Waals surface area contributed by atoms with Crippen molar-refractivity contribution in [2.24, 2.45) is 0 Å². The molecule has 162 valence electrons. The normalized spacial score (nSPS) is 11.0. The molecule has 0 unspecified atom stereocenters. The molecule has 0 radical (unpaired) electrons. The molecule has 1 N–H and O–H groups in total. The highest BCUT2D eigenvalue weighted by Crippen LogP contribution is 2.28. The van der Waals surface area contributed by atoms with E-state index in [1.807, 2.05) is 67.1 Å². The number of benzene rings is 4. The van der Waals surface area contributed by atoms with Gasteiger partial charge in [0.25, 0.3) is 5.91 Å². The van der Waals surface area contributed by atoms with Crippen molar-refractivity contribution < 1.29 is 4.79 Å². The Morgan fingerprint density at radius 2 is 1.48 bits per heavy atom. The van der Waals surface area contributed by atoms with Crippen LogP contribution in [0.15, 0.2) is 91.0 Å². The molecule has 5 rings (SSSR count). The molecule has 4 nitrogen and oxygen atoms in total. The van der Waals surface area contributed by atoms with Crippen LogP contribution in [-0.4, -0.2) is 15.7 Å². The average molecular weight is 432 g/mol. The zero-order valence-corrected chi connectivity index (χ0v) is 19.0. The van der Waals surface area contributed by atoms with Crippen molar-refractivity contribution in [3.8, 4) is 16.9 Å². The molecule has 0 fully saturated rings. The van der Waals surface area contributed by atoms with E-state index in [0.717, 1.165) is 39.1 Å². The number of rotatable bonds is 4. The van der Waals surface area contributed by atoms with Gasteiger partial charge in [0.05, 0.1) is 11.4 Å². The van der Waals surface area contributed by atoms with Crippen molar-refractivity contribution in [1.29, 1.82) is 0 Å². The number of carbonyl (C=O) groups excluding carboxylic acids is 1. The van der Waals surface area contributed by atoms with E-state index in [4.69, 9.17) is 5.10 Å². The maximum Gasteiger partial charge on any atom is 0.276 e. The Bertz CT molecular complexity index is 1480. The van der Waals surface area contributed by atoms with Crippen LogP contribution in [0, 0.1) is 20.8 Å². The Labute approximate surface area is 193 Å². The van der Waals surface area contributed by atoms with E-state index < -0.39 is 0 Å². The number of nitrogens with zero attached hydrogens (tertiary/aromatic N) is 2. The molecule has 0 spiro atoms. The van der Waals surface area contributed by atoms with Crippen molar-refractivity contribution in [3.05, 3.63) is 113 Å². The van der Waals surface area contributed by atoms with Gasteiger partial charge in [-0.25, -0.2) is 4.68 Å². The highest BCUT2D eigenvalue weighted by molar-refractivity contribution is 6.04. The minimum Gasteiger partial charge on any atom is -0.320 e. The van der Waals surface area contributed by atoms with Gasteiger partial charge >= 0.3 is 0 Å². The fraction of sp³-hybridized carbons (Fsp3) is 0.103. The zero-order chi connectivity index (χ0) is 22.9. The first-order chi connectivity index (χ1) is 16.0. The first kappa shape index (κ1) is 20.7. The van der Waals surface area contributed by atoms with Crippen LogP contribution in [0.25, 0.3) is 27.7 Å². The smallest absolute Gasteiger partial charge is 0.276 e. The number of carbonyl (C=O) groups is 1. The Morgan fingerprint density at radius 1 is 0.758 bits per heavy atom. The van der Waals surface area contributed by atoms with E-state index in [1.54, 1.807) is 0 Å². The van der Waals surface area contributed by atoms with E-state index in [-0.39, 0.29) is 5.91 Å². The highest BCUT2D eigenvalue weighted by atomic mass is 16.2. The lowest BCUT2D eigenvalue weighted by atomic mass is 10.0. The fourth-order valence-corrected chi connectivity index (χ4v) is 3.99. The molecule has 0 atom stereocenters. The van der Waals surface area contributed by atoms with Gasteiger partial charge in [-0.15, -0.1) is 0 Å². The van der Waals surface area contributed by atoms with Crippen molar-refractivity contribution >= 4 is 22.4 Å². The van der Waals surface area contributed by atoms with Crippen LogP contribution in [0.1, 0.15) is 27.2 Å². The van der Waals surface area contributed by atoms with Gasteiger partial charge in [-0.3, -0.25) is 4.79 Å². The average Bonchev–Trinajstić information content (AvgIpc) is 3.27. The SMILES string of the molecule is Cc1ccc(-n2nc(C(=O)Nc3cc(C)ccc3C)cc2-c2ccc3ccccc3c2)cc1. The van der Waals surface area contributed by atoms with Gasteiger partial charge in [-0.2, -0.15) is 5.10 Å². The Morgan fingerprint density at radius 3 is 2.27 bits per heavy atom. The molecule has 0 saturated carbocycles. The number of hydrogen-bond donors (Lipinski definition) is 1. The largest absolute Gasteiger partial charge is 0.320 e. The summed E-state index contributed by atoms with van der Waals surface area (Å²) in [4.78, 5) is 13.2. The maximum atomic E-state index is 13.2. The van der Waals surface area contributed by atoms with Crippen molar-refractivity contribution in [2.45, 2.75) is 20.8 Å². The second-order valence-electron chi connectivity index (χ2n) is 8.50. The molecule has 33 heavy (non-hydrogen) atoms. The second kappa shape index (κ2) is 8.40. The monoisotopic (exact) mass is 431 g/mol. The van der Waals surface area contributed by atoms with Gasteiger partial charge in [0.15, 0.2) is 5.69 Å². The number of aromatic nitrogens is 2.